The van der Waals surface area contributed by atoms with Gasteiger partial charge in [0.1, 0.15) is 6.04 Å². The first-order valence-electron chi connectivity index (χ1n) is 2.17. The van der Waals surface area contributed by atoms with Gasteiger partial charge in [0.25, 0.3) is 0 Å². The van der Waals surface area contributed by atoms with E-state index in [1.165, 1.54) is 0 Å². The number of carboxylic acid groups (broad SMARTS) is 1. The van der Waals surface area contributed by atoms with E-state index in [-0.39, 0.29) is 6.90 Å². The van der Waals surface area contributed by atoms with Crippen LogP contribution in [0.1, 0.15) is 8.27 Å². The molecule has 0 fully saturated rings. The van der Waals surface area contributed by atoms with E-state index in [4.69, 9.17) is 12.2 Å². The second kappa shape index (κ2) is 1.77. The van der Waals surface area contributed by atoms with Gasteiger partial charge in [-0.1, -0.05) is 0 Å². The molecule has 3 N–H and O–H groups in total. The van der Waals surface area contributed by atoms with Crippen LogP contribution in [0.5, 0.6) is 0 Å². The van der Waals surface area contributed by atoms with Crippen LogP contribution in [0, 0.1) is 0 Å². The molecule has 0 aromatic heterocycles. The fraction of sp³-hybridized carbons (Fsp3) is 0.667. The average Bonchev–Trinajstić information content (AvgIpc) is 1.65. The third kappa shape index (κ3) is 1.72. The van der Waals surface area contributed by atoms with Gasteiger partial charge in [0.2, 0.25) is 0 Å². The number of hydrogen-bond acceptors (Lipinski definition) is 2. The van der Waals surface area contributed by atoms with Crippen molar-refractivity contribution < 1.29 is 11.3 Å². The Balaban J connectivity index is 3.34. The maximum atomic E-state index is 9.69. The lowest BCUT2D eigenvalue weighted by Gasteiger charge is -1.90. The molecule has 0 unspecified atom stereocenters. The van der Waals surface area contributed by atoms with Gasteiger partial charge in [-0.15, -0.1) is 0 Å². The first-order valence-corrected chi connectivity index (χ1v) is 1.46. The molecule has 0 spiro atoms. The van der Waals surface area contributed by atoms with E-state index in [0.29, 0.717) is 0 Å². The summed E-state index contributed by atoms with van der Waals surface area (Å²) in [6.07, 6.45) is 0. The lowest BCUT2D eigenvalue weighted by Crippen LogP contribution is -2.25. The molecule has 0 amide bonds. The van der Waals surface area contributed by atoms with Crippen LogP contribution in [0.4, 0.5) is 0 Å². The van der Waals surface area contributed by atoms with Gasteiger partial charge in [0, 0.05) is 1.37 Å². The normalized spacial score (nSPS) is 15.8. The minimum absolute atomic E-state index is 0.255. The highest BCUT2D eigenvalue weighted by atomic mass is 16.4. The van der Waals surface area contributed by atoms with Gasteiger partial charge in [0.05, 0.1) is 0 Å². The molecule has 0 bridgehead atoms. The van der Waals surface area contributed by atoms with Crippen LogP contribution in [-0.4, -0.2) is 17.1 Å². The zero-order valence-corrected chi connectivity index (χ0v) is 3.22. The third-order valence-electron chi connectivity index (χ3n) is 0.317. The van der Waals surface area contributed by atoms with Crippen molar-refractivity contribution in [3.63, 3.8) is 0 Å². The van der Waals surface area contributed by atoms with Crippen molar-refractivity contribution in [2.75, 3.05) is 0 Å². The number of nitrogens with two attached hydrogens (primary N) is 1. The van der Waals surface area contributed by atoms with Crippen molar-refractivity contribution in [2.45, 2.75) is 12.9 Å². The zero-order valence-electron chi connectivity index (χ0n) is 4.22. The van der Waals surface area contributed by atoms with Gasteiger partial charge in [-0.2, -0.15) is 0 Å². The fourth-order valence-corrected chi connectivity index (χ4v) is 0. The minimum Gasteiger partial charge on any atom is -0.480 e. The predicted octanol–water partition coefficient (Wildman–Crippen LogP) is -0.582. The molecule has 0 rings (SSSR count). The Bertz CT molecular complexity index is 75.3. The molecule has 0 radical (unpaired) electrons. The van der Waals surface area contributed by atoms with Crippen LogP contribution in [0.3, 0.4) is 0 Å². The molecule has 0 heterocycles. The molecule has 0 aromatic rings. The second-order valence-electron chi connectivity index (χ2n) is 0.945. The van der Waals surface area contributed by atoms with Gasteiger partial charge in [-0.25, -0.2) is 0 Å². The molecule has 36 valence electrons. The van der Waals surface area contributed by atoms with Crippen molar-refractivity contribution in [1.82, 2.24) is 0 Å². The van der Waals surface area contributed by atoms with Gasteiger partial charge in [0.15, 0.2) is 0 Å². The molecule has 3 nitrogen and oxygen atoms in total. The van der Waals surface area contributed by atoms with Crippen LogP contribution >= 0.6 is 0 Å². The van der Waals surface area contributed by atoms with E-state index >= 15 is 0 Å². The second-order valence-corrected chi connectivity index (χ2v) is 0.945. The first-order chi connectivity index (χ1) is 3.18. The van der Waals surface area contributed by atoms with Gasteiger partial charge in [-0.3, -0.25) is 4.79 Å². The number of rotatable bonds is 1. The quantitative estimate of drug-likeness (QED) is 0.424. The molecule has 0 aliphatic heterocycles. The SMILES string of the molecule is [2H][13CH2][C@H](N)C(=O)O. The highest BCUT2D eigenvalue weighted by Crippen LogP contribution is 1.68. The summed E-state index contributed by atoms with van der Waals surface area (Å²) in [5, 5.41) is 7.94. The Labute approximate surface area is 37.2 Å². The van der Waals surface area contributed by atoms with E-state index in [9.17, 15) is 4.79 Å². The molecular formula is C3H7NO2. The van der Waals surface area contributed by atoms with E-state index in [0.717, 1.165) is 0 Å². The van der Waals surface area contributed by atoms with Crippen LogP contribution in [0.25, 0.3) is 0 Å². The minimum atomic E-state index is -1.12. The van der Waals surface area contributed by atoms with Crippen LogP contribution in [0.2, 0.25) is 0 Å². The Hall–Kier alpha value is -0.570. The summed E-state index contributed by atoms with van der Waals surface area (Å²) < 4.78 is 6.43. The molecule has 0 saturated carbocycles. The maximum absolute atomic E-state index is 9.69. The Morgan fingerprint density at radius 3 is 2.83 bits per heavy atom. The smallest absolute Gasteiger partial charge is 0.320 e. The summed E-state index contributed by atoms with van der Waals surface area (Å²) in [5.74, 6) is -1.12. The molecule has 0 aliphatic carbocycles. The molecule has 0 aromatic carbocycles. The van der Waals surface area contributed by atoms with Crippen molar-refractivity contribution >= 4 is 5.97 Å². The molecule has 0 aliphatic rings. The molecular weight excluding hydrogens is 83.0 g/mol. The predicted molar refractivity (Wildman–Crippen MR) is 21.3 cm³/mol. The van der Waals surface area contributed by atoms with Gasteiger partial charge in [-0.05, 0) is 6.90 Å². The number of carbonyl (C=O) groups is 1. The van der Waals surface area contributed by atoms with Crippen LogP contribution in [0.15, 0.2) is 0 Å². The fourth-order valence-electron chi connectivity index (χ4n) is 0. The standard InChI is InChI=1S/C3H7NO2/c1-2(4)3(5)6/h2H,4H2,1H3,(H,5,6)/t2-/m0/s1/i1+1D. The average molecular weight is 91.1 g/mol. The summed E-state index contributed by atoms with van der Waals surface area (Å²) in [6.45, 7) is -0.255. The zero-order chi connectivity index (χ0) is 5.86. The van der Waals surface area contributed by atoms with Gasteiger partial charge >= 0.3 is 5.97 Å². The molecule has 3 heteroatoms. The van der Waals surface area contributed by atoms with Crippen molar-refractivity contribution in [2.24, 2.45) is 5.73 Å². The summed E-state index contributed by atoms with van der Waals surface area (Å²) in [4.78, 5) is 9.69. The summed E-state index contributed by atoms with van der Waals surface area (Å²) in [7, 11) is 0. The largest absolute Gasteiger partial charge is 0.480 e. The number of hydrogen-bond donors (Lipinski definition) is 2. The first kappa shape index (κ1) is 3.61. The van der Waals surface area contributed by atoms with Crippen molar-refractivity contribution in [3.8, 4) is 0 Å². The molecule has 1 atom stereocenters. The van der Waals surface area contributed by atoms with E-state index in [1.54, 1.807) is 0 Å². The topological polar surface area (TPSA) is 63.3 Å². The van der Waals surface area contributed by atoms with Crippen LogP contribution < -0.4 is 5.73 Å². The lowest BCUT2D eigenvalue weighted by molar-refractivity contribution is -0.138. The number of carboxylic acids is 1. The molecule has 0 saturated heterocycles. The summed E-state index contributed by atoms with van der Waals surface area (Å²) in [6, 6.07) is -1.01. The Kier molecular flexibility index (Phi) is 1.06. The third-order valence-corrected chi connectivity index (χ3v) is 0.317. The molecule has 6 heavy (non-hydrogen) atoms. The lowest BCUT2D eigenvalue weighted by atomic mass is 10.5. The van der Waals surface area contributed by atoms with E-state index in [1.807, 2.05) is 0 Å². The van der Waals surface area contributed by atoms with Crippen molar-refractivity contribution in [3.05, 3.63) is 0 Å². The highest BCUT2D eigenvalue weighted by molar-refractivity contribution is 5.72. The Morgan fingerprint density at radius 2 is 2.83 bits per heavy atom. The summed E-state index contributed by atoms with van der Waals surface area (Å²) >= 11 is 0. The van der Waals surface area contributed by atoms with E-state index in [2.05, 4.69) is 0 Å². The highest BCUT2D eigenvalue weighted by Gasteiger charge is 1.99. The van der Waals surface area contributed by atoms with Crippen molar-refractivity contribution in [1.29, 1.82) is 0 Å². The summed E-state index contributed by atoms with van der Waals surface area (Å²) in [5.41, 5.74) is 4.83. The van der Waals surface area contributed by atoms with Gasteiger partial charge < -0.3 is 10.8 Å². The monoisotopic (exact) mass is 91.1 g/mol. The maximum Gasteiger partial charge on any atom is 0.320 e. The van der Waals surface area contributed by atoms with Crippen LogP contribution in [-0.2, 0) is 4.79 Å². The van der Waals surface area contributed by atoms with E-state index < -0.39 is 12.0 Å². The Morgan fingerprint density at radius 1 is 2.33 bits per heavy atom. The number of aliphatic carboxylic acids is 1.